The average Bonchev–Trinajstić information content (AvgIpc) is 2.14. The van der Waals surface area contributed by atoms with Gasteiger partial charge in [0.15, 0.2) is 0 Å². The van der Waals surface area contributed by atoms with Crippen LogP contribution in [0.2, 0.25) is 0 Å². The first-order chi connectivity index (χ1) is 3.83. The maximum Gasteiger partial charge on any atom is 0.238 e. The Labute approximate surface area is 50.7 Å². The van der Waals surface area contributed by atoms with Crippen molar-refractivity contribution in [3.63, 3.8) is 0 Å². The molecule has 0 aromatic carbocycles. The maximum atomic E-state index is 5.14. The second kappa shape index (κ2) is 2.06. The van der Waals surface area contributed by atoms with Crippen LogP contribution in [0.25, 0.3) is 0 Å². The number of hydrogen-bond acceptors (Lipinski definition) is 4. The van der Waals surface area contributed by atoms with E-state index in [0.717, 1.165) is 0 Å². The van der Waals surface area contributed by atoms with E-state index >= 15 is 0 Å². The monoisotopic (exact) mass is 131 g/mol. The van der Waals surface area contributed by atoms with Gasteiger partial charge in [0.1, 0.15) is 0 Å². The topological polar surface area (TPSA) is 67.8 Å². The molecule has 0 saturated carbocycles. The van der Waals surface area contributed by atoms with Crippen LogP contribution in [0.1, 0.15) is 5.89 Å². The maximum absolute atomic E-state index is 5.14. The van der Waals surface area contributed by atoms with Crippen molar-refractivity contribution in [1.29, 1.82) is 0 Å². The highest BCUT2D eigenvalue weighted by Crippen LogP contribution is 1.87. The molecule has 0 amide bonds. The fourth-order valence-corrected chi connectivity index (χ4v) is 0.492. The van der Waals surface area contributed by atoms with Gasteiger partial charge in [-0.15, -0.1) is 0 Å². The molecule has 1 heterocycles. The van der Waals surface area contributed by atoms with Crippen LogP contribution < -0.4 is 5.73 Å². The quantitative estimate of drug-likeness (QED) is 0.534. The number of rotatable bonds is 1. The van der Waals surface area contributed by atoms with E-state index in [1.807, 2.05) is 0 Å². The van der Waals surface area contributed by atoms with Gasteiger partial charge in [-0.25, -0.2) is 0 Å². The van der Waals surface area contributed by atoms with E-state index in [0.29, 0.717) is 10.7 Å². The molecule has 8 heavy (non-hydrogen) atoms. The molecular weight excluding hydrogens is 126 g/mol. The Kier molecular flexibility index (Phi) is 1.40. The molecular formula is C3H5N3OS. The van der Waals surface area contributed by atoms with Gasteiger partial charge < -0.3 is 10.3 Å². The summed E-state index contributed by atoms with van der Waals surface area (Å²) < 4.78 is 4.99. The van der Waals surface area contributed by atoms with Crippen LogP contribution in [0.4, 0.5) is 0 Å². The second-order valence-corrected chi connectivity index (χ2v) is 1.61. The summed E-state index contributed by atoms with van der Waals surface area (Å²) in [5.41, 5.74) is 5.14. The average molecular weight is 131 g/mol. The number of nitrogens with zero attached hydrogens (tertiary/aromatic N) is 1. The second-order valence-electron chi connectivity index (χ2n) is 1.22. The Balaban J connectivity index is 3.01. The third-order valence-corrected chi connectivity index (χ3v) is 0.832. The van der Waals surface area contributed by atoms with Gasteiger partial charge >= 0.3 is 0 Å². The van der Waals surface area contributed by atoms with Gasteiger partial charge in [0.2, 0.25) is 10.7 Å². The molecule has 1 aromatic rings. The number of H-pyrrole nitrogens is 1. The fourth-order valence-electron chi connectivity index (χ4n) is 0.349. The summed E-state index contributed by atoms with van der Waals surface area (Å²) in [6.45, 7) is 0.285. The summed E-state index contributed by atoms with van der Waals surface area (Å²) in [7, 11) is 0. The first-order valence-corrected chi connectivity index (χ1v) is 2.48. The number of aromatic amines is 1. The highest BCUT2D eigenvalue weighted by Gasteiger charge is 1.91. The summed E-state index contributed by atoms with van der Waals surface area (Å²) in [5.74, 6) is 0.440. The van der Waals surface area contributed by atoms with E-state index in [1.54, 1.807) is 0 Å². The molecule has 0 aliphatic carbocycles. The Bertz CT molecular complexity index is 214. The molecule has 0 spiro atoms. The van der Waals surface area contributed by atoms with Crippen molar-refractivity contribution in [3.05, 3.63) is 10.7 Å². The van der Waals surface area contributed by atoms with Crippen molar-refractivity contribution < 1.29 is 4.52 Å². The van der Waals surface area contributed by atoms with E-state index in [-0.39, 0.29) is 6.54 Å². The third kappa shape index (κ3) is 0.932. The number of nitrogens with one attached hydrogen (secondary N) is 1. The Morgan fingerprint density at radius 2 is 2.62 bits per heavy atom. The molecule has 1 rings (SSSR count). The molecule has 0 aliphatic rings. The minimum atomic E-state index is 0.285. The first-order valence-electron chi connectivity index (χ1n) is 2.07. The Hall–Kier alpha value is -0.680. The lowest BCUT2D eigenvalue weighted by atomic mass is 10.7. The standard InChI is InChI=1S/C3H5N3OS/c4-1-2-5-3(8)6-7-2/h1,4H2,(H,6,8). The van der Waals surface area contributed by atoms with Gasteiger partial charge in [0, 0.05) is 0 Å². The Morgan fingerprint density at radius 1 is 1.88 bits per heavy atom. The van der Waals surface area contributed by atoms with E-state index < -0.39 is 0 Å². The summed E-state index contributed by atoms with van der Waals surface area (Å²) >= 11 is 4.58. The molecule has 0 radical (unpaired) electrons. The van der Waals surface area contributed by atoms with Crippen molar-refractivity contribution >= 4 is 12.2 Å². The van der Waals surface area contributed by atoms with E-state index in [2.05, 4.69) is 26.9 Å². The van der Waals surface area contributed by atoms with Crippen LogP contribution >= 0.6 is 12.2 Å². The lowest BCUT2D eigenvalue weighted by Gasteiger charge is -1.76. The molecule has 4 nitrogen and oxygen atoms in total. The molecule has 0 unspecified atom stereocenters. The predicted octanol–water partition coefficient (Wildman–Crippen LogP) is 0.191. The van der Waals surface area contributed by atoms with Gasteiger partial charge in [0.05, 0.1) is 6.54 Å². The fraction of sp³-hybridized carbons (Fsp3) is 0.333. The molecule has 1 aromatic heterocycles. The van der Waals surface area contributed by atoms with Crippen LogP contribution in [0.5, 0.6) is 0 Å². The largest absolute Gasteiger partial charge is 0.363 e. The molecule has 5 heteroatoms. The zero-order chi connectivity index (χ0) is 5.98. The minimum Gasteiger partial charge on any atom is -0.363 e. The van der Waals surface area contributed by atoms with E-state index in [1.165, 1.54) is 0 Å². The molecule has 0 bridgehead atoms. The van der Waals surface area contributed by atoms with Crippen LogP contribution in [0, 0.1) is 4.77 Å². The molecule has 0 fully saturated rings. The summed E-state index contributed by atoms with van der Waals surface area (Å²) in [6.07, 6.45) is 0. The SMILES string of the molecule is NCc1nc(=S)[nH]o1. The van der Waals surface area contributed by atoms with Crippen LogP contribution in [-0.2, 0) is 6.54 Å². The number of aromatic nitrogens is 2. The summed E-state index contributed by atoms with van der Waals surface area (Å²) in [6, 6.07) is 0. The van der Waals surface area contributed by atoms with Gasteiger partial charge in [-0.1, -0.05) is 0 Å². The zero-order valence-corrected chi connectivity index (χ0v) is 4.86. The van der Waals surface area contributed by atoms with Gasteiger partial charge in [-0.3, -0.25) is 0 Å². The zero-order valence-electron chi connectivity index (χ0n) is 4.05. The van der Waals surface area contributed by atoms with Crippen molar-refractivity contribution in [2.45, 2.75) is 6.54 Å². The highest BCUT2D eigenvalue weighted by molar-refractivity contribution is 7.71. The molecule has 0 aliphatic heterocycles. The minimum absolute atomic E-state index is 0.285. The van der Waals surface area contributed by atoms with Crippen molar-refractivity contribution in [2.75, 3.05) is 0 Å². The van der Waals surface area contributed by atoms with E-state index in [9.17, 15) is 0 Å². The predicted molar refractivity (Wildman–Crippen MR) is 29.6 cm³/mol. The smallest absolute Gasteiger partial charge is 0.238 e. The van der Waals surface area contributed by atoms with Crippen LogP contribution in [0.3, 0.4) is 0 Å². The Morgan fingerprint density at radius 3 is 2.88 bits per heavy atom. The van der Waals surface area contributed by atoms with Gasteiger partial charge in [-0.05, 0) is 12.2 Å². The lowest BCUT2D eigenvalue weighted by Crippen LogP contribution is -1.95. The summed E-state index contributed by atoms with van der Waals surface area (Å²) in [4.78, 5) is 3.70. The van der Waals surface area contributed by atoms with Crippen LogP contribution in [0.15, 0.2) is 4.52 Å². The first kappa shape index (κ1) is 5.46. The number of nitrogens with two attached hydrogens (primary N) is 1. The van der Waals surface area contributed by atoms with E-state index in [4.69, 9.17) is 5.73 Å². The molecule has 3 N–H and O–H groups in total. The van der Waals surface area contributed by atoms with Gasteiger partial charge in [-0.2, -0.15) is 10.1 Å². The van der Waals surface area contributed by atoms with Crippen molar-refractivity contribution in [2.24, 2.45) is 5.73 Å². The summed E-state index contributed by atoms with van der Waals surface area (Å²) in [5, 5.41) is 2.37. The lowest BCUT2D eigenvalue weighted by molar-refractivity contribution is 0.378. The van der Waals surface area contributed by atoms with Crippen molar-refractivity contribution in [1.82, 2.24) is 10.1 Å². The normalized spacial score (nSPS) is 9.62. The molecule has 44 valence electrons. The van der Waals surface area contributed by atoms with Gasteiger partial charge in [0.25, 0.3) is 0 Å². The molecule has 0 atom stereocenters. The third-order valence-electron chi connectivity index (χ3n) is 0.657. The molecule has 0 saturated heterocycles. The number of hydrogen-bond donors (Lipinski definition) is 2. The van der Waals surface area contributed by atoms with Crippen molar-refractivity contribution in [3.8, 4) is 0 Å². The van der Waals surface area contributed by atoms with Crippen LogP contribution in [-0.4, -0.2) is 10.1 Å². The highest BCUT2D eigenvalue weighted by atomic mass is 32.1.